The van der Waals surface area contributed by atoms with Crippen LogP contribution in [-0.4, -0.2) is 5.78 Å². The zero-order valence-electron chi connectivity index (χ0n) is 10.0. The molecule has 1 unspecified atom stereocenters. The van der Waals surface area contributed by atoms with Crippen molar-refractivity contribution < 1.29 is 4.79 Å². The molecule has 0 aromatic carbocycles. The molecule has 0 saturated heterocycles. The van der Waals surface area contributed by atoms with Crippen LogP contribution in [0.25, 0.3) is 0 Å². The summed E-state index contributed by atoms with van der Waals surface area (Å²) in [6, 6.07) is 0. The maximum absolute atomic E-state index is 11.7. The summed E-state index contributed by atoms with van der Waals surface area (Å²) in [5.41, 5.74) is 0. The van der Waals surface area contributed by atoms with Gasteiger partial charge in [-0.3, -0.25) is 4.79 Å². The van der Waals surface area contributed by atoms with E-state index in [1.165, 1.54) is 57.8 Å². The Balaban J connectivity index is 1.99. The Kier molecular flexibility index (Phi) is 3.82. The second-order valence-corrected chi connectivity index (χ2v) is 5.56. The molecule has 2 rings (SSSR count). The van der Waals surface area contributed by atoms with Gasteiger partial charge in [0.1, 0.15) is 5.78 Å². The van der Waals surface area contributed by atoms with Crippen molar-refractivity contribution in [3.05, 3.63) is 0 Å². The molecule has 2 saturated carbocycles. The third-order valence-corrected chi connectivity index (χ3v) is 4.60. The summed E-state index contributed by atoms with van der Waals surface area (Å²) in [4.78, 5) is 11.7. The van der Waals surface area contributed by atoms with Crippen LogP contribution >= 0.6 is 0 Å². The van der Waals surface area contributed by atoms with Crippen LogP contribution in [0.15, 0.2) is 0 Å². The number of hydrogen-bond acceptors (Lipinski definition) is 1. The van der Waals surface area contributed by atoms with Crippen LogP contribution in [0.4, 0.5) is 0 Å². The van der Waals surface area contributed by atoms with E-state index in [9.17, 15) is 4.79 Å². The Bertz CT molecular complexity index is 215. The van der Waals surface area contributed by atoms with Gasteiger partial charge >= 0.3 is 0 Å². The van der Waals surface area contributed by atoms with Crippen LogP contribution in [0.5, 0.6) is 0 Å². The highest BCUT2D eigenvalue weighted by atomic mass is 16.1. The number of Topliss-reactive ketones (excluding diaryl/α,β-unsaturated/α-hetero) is 1. The summed E-state index contributed by atoms with van der Waals surface area (Å²) in [5, 5.41) is 0. The quantitative estimate of drug-likeness (QED) is 0.671. The highest BCUT2D eigenvalue weighted by molar-refractivity contribution is 5.78. The van der Waals surface area contributed by atoms with E-state index in [0.717, 1.165) is 11.8 Å². The maximum atomic E-state index is 11.7. The molecule has 0 spiro atoms. The SMILES string of the molecule is CC(=O)[C@H]1CCCCC1C1CCCCC1. The Morgan fingerprint density at radius 3 is 2.13 bits per heavy atom. The Labute approximate surface area is 93.6 Å². The number of hydrogen-bond donors (Lipinski definition) is 0. The van der Waals surface area contributed by atoms with Crippen LogP contribution in [0.1, 0.15) is 64.7 Å². The van der Waals surface area contributed by atoms with Gasteiger partial charge in [0.2, 0.25) is 0 Å². The van der Waals surface area contributed by atoms with E-state index in [-0.39, 0.29) is 0 Å². The van der Waals surface area contributed by atoms with Crippen molar-refractivity contribution in [1.82, 2.24) is 0 Å². The molecule has 15 heavy (non-hydrogen) atoms. The topological polar surface area (TPSA) is 17.1 Å². The van der Waals surface area contributed by atoms with Gasteiger partial charge in [-0.15, -0.1) is 0 Å². The van der Waals surface area contributed by atoms with Gasteiger partial charge in [0.05, 0.1) is 0 Å². The van der Waals surface area contributed by atoms with Gasteiger partial charge in [-0.05, 0) is 31.6 Å². The Morgan fingerprint density at radius 1 is 0.867 bits per heavy atom. The molecule has 2 aliphatic rings. The van der Waals surface area contributed by atoms with Gasteiger partial charge in [-0.2, -0.15) is 0 Å². The van der Waals surface area contributed by atoms with Crippen molar-refractivity contribution in [1.29, 1.82) is 0 Å². The summed E-state index contributed by atoms with van der Waals surface area (Å²) < 4.78 is 0. The van der Waals surface area contributed by atoms with Gasteiger partial charge in [0.15, 0.2) is 0 Å². The van der Waals surface area contributed by atoms with Crippen molar-refractivity contribution in [3.8, 4) is 0 Å². The number of rotatable bonds is 2. The minimum absolute atomic E-state index is 0.418. The third-order valence-electron chi connectivity index (χ3n) is 4.60. The molecule has 86 valence electrons. The monoisotopic (exact) mass is 208 g/mol. The standard InChI is InChI=1S/C14H24O/c1-11(15)13-9-5-6-10-14(13)12-7-3-2-4-8-12/h12-14H,2-10H2,1H3/t13-,14?/m1/s1. The Morgan fingerprint density at radius 2 is 1.47 bits per heavy atom. The molecule has 2 fully saturated rings. The van der Waals surface area contributed by atoms with Crippen LogP contribution in [0.2, 0.25) is 0 Å². The third kappa shape index (κ3) is 2.62. The molecule has 0 aromatic rings. The number of carbonyl (C=O) groups is 1. The molecule has 2 atom stereocenters. The molecule has 0 bridgehead atoms. The van der Waals surface area contributed by atoms with E-state index in [0.29, 0.717) is 11.7 Å². The summed E-state index contributed by atoms with van der Waals surface area (Å²) in [6.45, 7) is 1.81. The molecule has 0 heterocycles. The van der Waals surface area contributed by atoms with Crippen LogP contribution < -0.4 is 0 Å². The summed E-state index contributed by atoms with van der Waals surface area (Å²) in [6.07, 6.45) is 12.2. The lowest BCUT2D eigenvalue weighted by Crippen LogP contribution is -2.32. The maximum Gasteiger partial charge on any atom is 0.133 e. The average molecular weight is 208 g/mol. The first-order chi connectivity index (χ1) is 7.29. The van der Waals surface area contributed by atoms with Gasteiger partial charge in [-0.25, -0.2) is 0 Å². The van der Waals surface area contributed by atoms with Crippen molar-refractivity contribution >= 4 is 5.78 Å². The molecule has 0 aromatic heterocycles. The second kappa shape index (κ2) is 5.14. The predicted octanol–water partition coefficient (Wildman–Crippen LogP) is 3.96. The van der Waals surface area contributed by atoms with Gasteiger partial charge in [-0.1, -0.05) is 44.9 Å². The lowest BCUT2D eigenvalue weighted by Gasteiger charge is -2.37. The predicted molar refractivity (Wildman–Crippen MR) is 62.7 cm³/mol. The molecule has 0 N–H and O–H groups in total. The zero-order valence-corrected chi connectivity index (χ0v) is 10.0. The fraction of sp³-hybridized carbons (Fsp3) is 0.929. The highest BCUT2D eigenvalue weighted by Crippen LogP contribution is 2.41. The van der Waals surface area contributed by atoms with Crippen LogP contribution in [0, 0.1) is 17.8 Å². The normalized spacial score (nSPS) is 33.9. The minimum atomic E-state index is 0.418. The molecular weight excluding hydrogens is 184 g/mol. The van der Waals surface area contributed by atoms with E-state index in [1.807, 2.05) is 6.92 Å². The molecule has 1 nitrogen and oxygen atoms in total. The van der Waals surface area contributed by atoms with E-state index in [1.54, 1.807) is 0 Å². The molecular formula is C14H24O. The zero-order chi connectivity index (χ0) is 10.7. The fourth-order valence-electron chi connectivity index (χ4n) is 3.79. The molecule has 0 aliphatic heterocycles. The lowest BCUT2D eigenvalue weighted by molar-refractivity contribution is -0.124. The first-order valence-corrected chi connectivity index (χ1v) is 6.79. The van der Waals surface area contributed by atoms with Crippen molar-refractivity contribution in [3.63, 3.8) is 0 Å². The summed E-state index contributed by atoms with van der Waals surface area (Å²) in [5.74, 6) is 2.51. The van der Waals surface area contributed by atoms with E-state index >= 15 is 0 Å². The van der Waals surface area contributed by atoms with E-state index in [4.69, 9.17) is 0 Å². The Hall–Kier alpha value is -0.330. The average Bonchev–Trinajstić information content (AvgIpc) is 2.30. The van der Waals surface area contributed by atoms with Gasteiger partial charge in [0.25, 0.3) is 0 Å². The summed E-state index contributed by atoms with van der Waals surface area (Å²) in [7, 11) is 0. The van der Waals surface area contributed by atoms with Gasteiger partial charge < -0.3 is 0 Å². The minimum Gasteiger partial charge on any atom is -0.300 e. The van der Waals surface area contributed by atoms with E-state index in [2.05, 4.69) is 0 Å². The van der Waals surface area contributed by atoms with Crippen LogP contribution in [0.3, 0.4) is 0 Å². The molecule has 0 radical (unpaired) electrons. The van der Waals surface area contributed by atoms with Crippen molar-refractivity contribution in [2.24, 2.45) is 17.8 Å². The molecule has 0 amide bonds. The van der Waals surface area contributed by atoms with Crippen molar-refractivity contribution in [2.45, 2.75) is 64.7 Å². The largest absolute Gasteiger partial charge is 0.300 e. The van der Waals surface area contributed by atoms with Gasteiger partial charge in [0, 0.05) is 5.92 Å². The first kappa shape index (κ1) is 11.2. The fourth-order valence-corrected chi connectivity index (χ4v) is 3.79. The number of ketones is 1. The highest BCUT2D eigenvalue weighted by Gasteiger charge is 2.34. The summed E-state index contributed by atoms with van der Waals surface area (Å²) >= 11 is 0. The van der Waals surface area contributed by atoms with E-state index < -0.39 is 0 Å². The molecule has 1 heteroatoms. The van der Waals surface area contributed by atoms with Crippen molar-refractivity contribution in [2.75, 3.05) is 0 Å². The smallest absolute Gasteiger partial charge is 0.133 e. The first-order valence-electron chi connectivity index (χ1n) is 6.79. The number of carbonyl (C=O) groups excluding carboxylic acids is 1. The second-order valence-electron chi connectivity index (χ2n) is 5.56. The lowest BCUT2D eigenvalue weighted by atomic mass is 9.67. The molecule has 2 aliphatic carbocycles. The van der Waals surface area contributed by atoms with Crippen LogP contribution in [-0.2, 0) is 4.79 Å².